The van der Waals surface area contributed by atoms with E-state index in [0.29, 0.717) is 26.1 Å². The number of aromatic nitrogens is 4. The lowest BCUT2D eigenvalue weighted by molar-refractivity contribution is -0.140. The monoisotopic (exact) mass is 539 g/mol. The second-order valence-corrected chi connectivity index (χ2v) is 10.6. The SMILES string of the molecule is COc1ccc2c(c1)CCNC2C(=O)N1CC(Cc2ccncc2)CC1C(=O)NCc1ccc2c(c1)nnn2C. The summed E-state index contributed by atoms with van der Waals surface area (Å²) in [6, 6.07) is 14.7. The predicted molar refractivity (Wildman–Crippen MR) is 149 cm³/mol. The van der Waals surface area contributed by atoms with Crippen molar-refractivity contribution in [2.24, 2.45) is 13.0 Å². The molecule has 1 saturated heterocycles. The van der Waals surface area contributed by atoms with Crippen LogP contribution in [0.25, 0.3) is 11.0 Å². The Hall–Kier alpha value is -4.31. The highest BCUT2D eigenvalue weighted by Crippen LogP contribution is 2.33. The maximum Gasteiger partial charge on any atom is 0.245 e. The van der Waals surface area contributed by atoms with Crippen LogP contribution in [0, 0.1) is 5.92 Å². The van der Waals surface area contributed by atoms with Gasteiger partial charge in [0, 0.05) is 39.1 Å². The van der Waals surface area contributed by atoms with Crippen molar-refractivity contribution in [3.63, 3.8) is 0 Å². The van der Waals surface area contributed by atoms with Gasteiger partial charge in [0.05, 0.1) is 12.6 Å². The molecule has 2 aromatic heterocycles. The molecule has 1 fully saturated rings. The van der Waals surface area contributed by atoms with Gasteiger partial charge in [-0.15, -0.1) is 5.10 Å². The fourth-order valence-corrected chi connectivity index (χ4v) is 5.97. The van der Waals surface area contributed by atoms with Crippen molar-refractivity contribution in [1.29, 1.82) is 0 Å². The molecule has 2 N–H and O–H groups in total. The largest absolute Gasteiger partial charge is 0.497 e. The van der Waals surface area contributed by atoms with Crippen LogP contribution in [0.5, 0.6) is 5.75 Å². The quantitative estimate of drug-likeness (QED) is 0.371. The number of hydrogen-bond donors (Lipinski definition) is 2. The van der Waals surface area contributed by atoms with Crippen LogP contribution in [0.15, 0.2) is 60.9 Å². The zero-order valence-corrected chi connectivity index (χ0v) is 22.7. The number of likely N-dealkylation sites (tertiary alicyclic amines) is 1. The van der Waals surface area contributed by atoms with Gasteiger partial charge in [0.25, 0.3) is 0 Å². The molecule has 6 rings (SSSR count). The third kappa shape index (κ3) is 5.14. The van der Waals surface area contributed by atoms with Gasteiger partial charge < -0.3 is 20.3 Å². The molecular formula is C30H33N7O3. The lowest BCUT2D eigenvalue weighted by atomic mass is 9.93. The number of amides is 2. The summed E-state index contributed by atoms with van der Waals surface area (Å²) in [5, 5.41) is 14.7. The summed E-state index contributed by atoms with van der Waals surface area (Å²) in [5.41, 5.74) is 5.85. The van der Waals surface area contributed by atoms with Gasteiger partial charge in [-0.25, -0.2) is 4.68 Å². The fourth-order valence-electron chi connectivity index (χ4n) is 5.97. The predicted octanol–water partition coefficient (Wildman–Crippen LogP) is 2.33. The number of carbonyl (C=O) groups is 2. The van der Waals surface area contributed by atoms with Gasteiger partial charge in [-0.05, 0) is 83.8 Å². The third-order valence-corrected chi connectivity index (χ3v) is 8.04. The van der Waals surface area contributed by atoms with Crippen LogP contribution in [0.3, 0.4) is 0 Å². The topological polar surface area (TPSA) is 114 Å². The molecule has 4 aromatic rings. The van der Waals surface area contributed by atoms with Crippen LogP contribution in [-0.4, -0.2) is 62.9 Å². The molecule has 10 heteroatoms. The average molecular weight is 540 g/mol. The summed E-state index contributed by atoms with van der Waals surface area (Å²) < 4.78 is 7.12. The molecule has 2 aliphatic heterocycles. The maximum atomic E-state index is 14.1. The Labute approximate surface area is 232 Å². The molecular weight excluding hydrogens is 506 g/mol. The van der Waals surface area contributed by atoms with E-state index in [2.05, 4.69) is 25.9 Å². The zero-order valence-electron chi connectivity index (χ0n) is 22.7. The first-order chi connectivity index (χ1) is 19.5. The first kappa shape index (κ1) is 25.9. The van der Waals surface area contributed by atoms with E-state index < -0.39 is 12.1 Å². The lowest BCUT2D eigenvalue weighted by Gasteiger charge is -2.32. The highest BCUT2D eigenvalue weighted by Gasteiger charge is 2.42. The number of fused-ring (bicyclic) bond motifs is 2. The highest BCUT2D eigenvalue weighted by molar-refractivity contribution is 5.91. The minimum Gasteiger partial charge on any atom is -0.497 e. The van der Waals surface area contributed by atoms with Gasteiger partial charge in [0.15, 0.2) is 0 Å². The van der Waals surface area contributed by atoms with Crippen LogP contribution in [0.4, 0.5) is 0 Å². The molecule has 0 saturated carbocycles. The summed E-state index contributed by atoms with van der Waals surface area (Å²) in [4.78, 5) is 33.6. The lowest BCUT2D eigenvalue weighted by Crippen LogP contribution is -2.50. The number of ether oxygens (including phenoxy) is 1. The molecule has 0 bridgehead atoms. The van der Waals surface area contributed by atoms with E-state index in [-0.39, 0.29) is 17.7 Å². The fraction of sp³-hybridized carbons (Fsp3) is 0.367. The Kier molecular flexibility index (Phi) is 7.17. The number of carbonyl (C=O) groups excluding carboxylic acids is 2. The Balaban J connectivity index is 1.22. The van der Waals surface area contributed by atoms with Gasteiger partial charge in [-0.2, -0.15) is 0 Å². The smallest absolute Gasteiger partial charge is 0.245 e. The summed E-state index contributed by atoms with van der Waals surface area (Å²) in [6.45, 7) is 1.56. The molecule has 0 aliphatic carbocycles. The number of pyridine rings is 1. The van der Waals surface area contributed by atoms with Crippen LogP contribution in [0.1, 0.15) is 34.7 Å². The van der Waals surface area contributed by atoms with E-state index in [9.17, 15) is 9.59 Å². The Morgan fingerprint density at radius 1 is 1.10 bits per heavy atom. The summed E-state index contributed by atoms with van der Waals surface area (Å²) in [5.74, 6) is 0.736. The first-order valence-electron chi connectivity index (χ1n) is 13.7. The normalized spacial score (nSPS) is 20.4. The number of aryl methyl sites for hydroxylation is 1. The number of methoxy groups -OCH3 is 1. The molecule has 3 unspecified atom stereocenters. The Morgan fingerprint density at radius 2 is 1.95 bits per heavy atom. The van der Waals surface area contributed by atoms with Gasteiger partial charge >= 0.3 is 0 Å². The molecule has 2 amide bonds. The van der Waals surface area contributed by atoms with E-state index in [1.165, 1.54) is 0 Å². The number of nitrogens with zero attached hydrogens (tertiary/aromatic N) is 5. The molecule has 2 aliphatic rings. The van der Waals surface area contributed by atoms with E-state index in [1.807, 2.05) is 55.6 Å². The molecule has 4 heterocycles. The van der Waals surface area contributed by atoms with Gasteiger partial charge in [-0.1, -0.05) is 17.3 Å². The van der Waals surface area contributed by atoms with Crippen molar-refractivity contribution in [3.8, 4) is 5.75 Å². The van der Waals surface area contributed by atoms with Crippen molar-refractivity contribution in [2.45, 2.75) is 37.9 Å². The maximum absolute atomic E-state index is 14.1. The molecule has 0 spiro atoms. The molecule has 40 heavy (non-hydrogen) atoms. The van der Waals surface area contributed by atoms with Crippen molar-refractivity contribution in [2.75, 3.05) is 20.2 Å². The van der Waals surface area contributed by atoms with E-state index in [4.69, 9.17) is 4.74 Å². The third-order valence-electron chi connectivity index (χ3n) is 8.04. The number of nitrogens with one attached hydrogen (secondary N) is 2. The van der Waals surface area contributed by atoms with Gasteiger partial charge in [-0.3, -0.25) is 14.6 Å². The molecule has 10 nitrogen and oxygen atoms in total. The highest BCUT2D eigenvalue weighted by atomic mass is 16.5. The molecule has 206 valence electrons. The van der Waals surface area contributed by atoms with Crippen molar-refractivity contribution >= 4 is 22.8 Å². The summed E-state index contributed by atoms with van der Waals surface area (Å²) in [7, 11) is 3.49. The van der Waals surface area contributed by atoms with Crippen LogP contribution in [-0.2, 0) is 36.0 Å². The second kappa shape index (κ2) is 11.1. The number of benzene rings is 2. The van der Waals surface area contributed by atoms with Crippen LogP contribution < -0.4 is 15.4 Å². The summed E-state index contributed by atoms with van der Waals surface area (Å²) in [6.07, 6.45) is 5.77. The molecule has 3 atom stereocenters. The summed E-state index contributed by atoms with van der Waals surface area (Å²) >= 11 is 0. The van der Waals surface area contributed by atoms with E-state index in [0.717, 1.165) is 51.9 Å². The molecule has 2 aromatic carbocycles. The Morgan fingerprint density at radius 3 is 2.77 bits per heavy atom. The number of rotatable bonds is 7. The molecule has 0 radical (unpaired) electrons. The first-order valence-corrected chi connectivity index (χ1v) is 13.7. The van der Waals surface area contributed by atoms with Crippen LogP contribution in [0.2, 0.25) is 0 Å². The van der Waals surface area contributed by atoms with Crippen LogP contribution >= 0.6 is 0 Å². The van der Waals surface area contributed by atoms with Gasteiger partial charge in [0.2, 0.25) is 11.8 Å². The second-order valence-electron chi connectivity index (χ2n) is 10.6. The number of hydrogen-bond acceptors (Lipinski definition) is 7. The zero-order chi connectivity index (χ0) is 27.6. The van der Waals surface area contributed by atoms with Crippen molar-refractivity contribution < 1.29 is 14.3 Å². The standard InChI is InChI=1S/C30H33N7O3/c1-36-26-6-3-20(14-25(26)34-35-36)17-33-29(38)27-15-21(13-19-7-10-31-11-8-19)18-37(27)30(39)28-24-5-4-23(40-2)16-22(24)9-12-32-28/h3-8,10-11,14,16,21,27-28,32H,9,12-13,15,17-18H2,1-2H3,(H,33,38). The van der Waals surface area contributed by atoms with Gasteiger partial charge in [0.1, 0.15) is 23.3 Å². The van der Waals surface area contributed by atoms with Crippen molar-refractivity contribution in [1.82, 2.24) is 35.5 Å². The minimum atomic E-state index is -0.551. The van der Waals surface area contributed by atoms with E-state index >= 15 is 0 Å². The van der Waals surface area contributed by atoms with E-state index in [1.54, 1.807) is 29.1 Å². The Bertz CT molecular complexity index is 1540. The average Bonchev–Trinajstić information content (AvgIpc) is 3.58. The minimum absolute atomic E-state index is 0.0653. The van der Waals surface area contributed by atoms with Crippen molar-refractivity contribution in [3.05, 3.63) is 83.2 Å².